The predicted octanol–water partition coefficient (Wildman–Crippen LogP) is 13.1. The SMILES string of the molecule is Cc1ccnc(-n2c3ccc(CCCCC(C)C)cc3c3ccc(Oc4cc(CCC(C)(C)C)cc(-n5nc(C)c(-c6ccccc6)c5C)c4)cc32)c1. The number of aromatic nitrogens is 4. The highest BCUT2D eigenvalue weighted by molar-refractivity contribution is 6.09. The van der Waals surface area contributed by atoms with Crippen molar-refractivity contribution in [3.05, 3.63) is 131 Å². The normalized spacial score (nSPS) is 12.0. The van der Waals surface area contributed by atoms with Gasteiger partial charge in [0, 0.05) is 40.4 Å². The van der Waals surface area contributed by atoms with Crippen molar-refractivity contribution in [3.8, 4) is 34.1 Å². The fraction of sp³-hybridized carbons (Fsp3) is 0.333. The van der Waals surface area contributed by atoms with Crippen molar-refractivity contribution >= 4 is 21.8 Å². The lowest BCUT2D eigenvalue weighted by Gasteiger charge is -2.19. The van der Waals surface area contributed by atoms with E-state index in [2.05, 4.69) is 162 Å². The number of hydrogen-bond donors (Lipinski definition) is 0. The van der Waals surface area contributed by atoms with Crippen LogP contribution in [0.2, 0.25) is 0 Å². The fourth-order valence-corrected chi connectivity index (χ4v) is 7.58. The number of fused-ring (bicyclic) bond motifs is 3. The lowest BCUT2D eigenvalue weighted by atomic mass is 9.88. The molecule has 0 atom stereocenters. The summed E-state index contributed by atoms with van der Waals surface area (Å²) in [7, 11) is 0. The second-order valence-corrected chi connectivity index (χ2v) is 16.5. The molecule has 0 fully saturated rings. The molecule has 7 aromatic rings. The zero-order valence-electron chi connectivity index (χ0n) is 32.8. The van der Waals surface area contributed by atoms with Crippen LogP contribution in [0, 0.1) is 32.1 Å². The van der Waals surface area contributed by atoms with Crippen LogP contribution >= 0.6 is 0 Å². The molecule has 0 aliphatic carbocycles. The second kappa shape index (κ2) is 15.1. The Bertz CT molecular complexity index is 2370. The largest absolute Gasteiger partial charge is 0.457 e. The number of hydrogen-bond acceptors (Lipinski definition) is 3. The third kappa shape index (κ3) is 8.10. The maximum atomic E-state index is 6.83. The molecule has 3 aromatic heterocycles. The van der Waals surface area contributed by atoms with Gasteiger partial charge in [-0.25, -0.2) is 9.67 Å². The van der Waals surface area contributed by atoms with Gasteiger partial charge in [-0.3, -0.25) is 4.57 Å². The zero-order chi connectivity index (χ0) is 37.3. The molecule has 5 nitrogen and oxygen atoms in total. The van der Waals surface area contributed by atoms with Gasteiger partial charge < -0.3 is 4.74 Å². The van der Waals surface area contributed by atoms with E-state index in [0.29, 0.717) is 0 Å². The van der Waals surface area contributed by atoms with Gasteiger partial charge in [0.15, 0.2) is 0 Å². The van der Waals surface area contributed by atoms with Crippen LogP contribution in [-0.2, 0) is 12.8 Å². The van der Waals surface area contributed by atoms with Crippen LogP contribution in [0.5, 0.6) is 11.5 Å². The highest BCUT2D eigenvalue weighted by Crippen LogP contribution is 2.37. The van der Waals surface area contributed by atoms with Gasteiger partial charge in [-0.15, -0.1) is 0 Å². The smallest absolute Gasteiger partial charge is 0.137 e. The first kappa shape index (κ1) is 36.2. The van der Waals surface area contributed by atoms with Crippen molar-refractivity contribution in [1.29, 1.82) is 0 Å². The van der Waals surface area contributed by atoms with Crippen LogP contribution in [0.4, 0.5) is 0 Å². The average molecular weight is 703 g/mol. The third-order valence-electron chi connectivity index (χ3n) is 10.4. The monoisotopic (exact) mass is 702 g/mol. The molecule has 0 aliphatic heterocycles. The Labute approximate surface area is 315 Å². The molecule has 5 heteroatoms. The number of nitrogens with zero attached hydrogens (tertiary/aromatic N) is 4. The van der Waals surface area contributed by atoms with Gasteiger partial charge in [0.25, 0.3) is 0 Å². The first-order valence-corrected chi connectivity index (χ1v) is 19.4. The Kier molecular flexibility index (Phi) is 10.3. The van der Waals surface area contributed by atoms with E-state index in [1.54, 1.807) is 0 Å². The molecule has 7 rings (SSSR count). The van der Waals surface area contributed by atoms with Crippen molar-refractivity contribution in [1.82, 2.24) is 19.3 Å². The van der Waals surface area contributed by atoms with Crippen LogP contribution < -0.4 is 4.74 Å². The Balaban J connectivity index is 1.30. The molecule has 0 spiro atoms. The molecule has 0 radical (unpaired) electrons. The van der Waals surface area contributed by atoms with Crippen LogP contribution in [0.3, 0.4) is 0 Å². The van der Waals surface area contributed by atoms with E-state index >= 15 is 0 Å². The van der Waals surface area contributed by atoms with E-state index in [-0.39, 0.29) is 5.41 Å². The fourth-order valence-electron chi connectivity index (χ4n) is 7.58. The summed E-state index contributed by atoms with van der Waals surface area (Å²) in [5, 5.41) is 7.52. The average Bonchev–Trinajstić information content (AvgIpc) is 3.61. The van der Waals surface area contributed by atoms with Crippen molar-refractivity contribution in [2.45, 2.75) is 93.9 Å². The molecule has 0 bridgehead atoms. The molecule has 53 heavy (non-hydrogen) atoms. The van der Waals surface area contributed by atoms with Crippen molar-refractivity contribution in [2.24, 2.45) is 11.3 Å². The lowest BCUT2D eigenvalue weighted by Crippen LogP contribution is -2.07. The molecule has 0 saturated heterocycles. The summed E-state index contributed by atoms with van der Waals surface area (Å²) >= 11 is 0. The van der Waals surface area contributed by atoms with E-state index < -0.39 is 0 Å². The third-order valence-corrected chi connectivity index (χ3v) is 10.4. The number of rotatable bonds is 12. The minimum absolute atomic E-state index is 0.214. The Hall–Kier alpha value is -5.16. The summed E-state index contributed by atoms with van der Waals surface area (Å²) in [6, 6.07) is 34.9. The van der Waals surface area contributed by atoms with Crippen LogP contribution in [0.15, 0.2) is 103 Å². The molecule has 0 saturated carbocycles. The van der Waals surface area contributed by atoms with E-state index in [0.717, 1.165) is 70.6 Å². The summed E-state index contributed by atoms with van der Waals surface area (Å²) in [5.41, 5.74) is 11.8. The molecule has 0 N–H and O–H groups in total. The number of benzene rings is 4. The quantitative estimate of drug-likeness (QED) is 0.119. The number of aryl methyl sites for hydroxylation is 4. The van der Waals surface area contributed by atoms with E-state index in [4.69, 9.17) is 14.8 Å². The summed E-state index contributed by atoms with van der Waals surface area (Å²) in [4.78, 5) is 4.84. The summed E-state index contributed by atoms with van der Waals surface area (Å²) in [5.74, 6) is 3.26. The van der Waals surface area contributed by atoms with E-state index in [1.807, 2.05) is 6.20 Å². The van der Waals surface area contributed by atoms with Crippen molar-refractivity contribution in [2.75, 3.05) is 0 Å². The van der Waals surface area contributed by atoms with Crippen LogP contribution in [-0.4, -0.2) is 19.3 Å². The van der Waals surface area contributed by atoms with Gasteiger partial charge in [-0.1, -0.05) is 83.9 Å². The van der Waals surface area contributed by atoms with Gasteiger partial charge in [0.1, 0.15) is 17.3 Å². The topological polar surface area (TPSA) is 44.9 Å². The van der Waals surface area contributed by atoms with Gasteiger partial charge in [-0.2, -0.15) is 5.10 Å². The van der Waals surface area contributed by atoms with E-state index in [9.17, 15) is 0 Å². The first-order chi connectivity index (χ1) is 25.4. The molecule has 272 valence electrons. The molecule has 4 aromatic carbocycles. The van der Waals surface area contributed by atoms with Gasteiger partial charge in [-0.05, 0) is 129 Å². The molecule has 0 unspecified atom stereocenters. The summed E-state index contributed by atoms with van der Waals surface area (Å²) in [6.45, 7) is 17.9. The molecule has 0 amide bonds. The van der Waals surface area contributed by atoms with Crippen LogP contribution in [0.25, 0.3) is 44.4 Å². The second-order valence-electron chi connectivity index (χ2n) is 16.5. The number of pyridine rings is 1. The highest BCUT2D eigenvalue weighted by Gasteiger charge is 2.19. The maximum Gasteiger partial charge on any atom is 0.137 e. The van der Waals surface area contributed by atoms with Gasteiger partial charge in [0.2, 0.25) is 0 Å². The molecule has 3 heterocycles. The number of unbranched alkanes of at least 4 members (excludes halogenated alkanes) is 1. The van der Waals surface area contributed by atoms with Crippen molar-refractivity contribution in [3.63, 3.8) is 0 Å². The molecular formula is C48H54N4O. The lowest BCUT2D eigenvalue weighted by molar-refractivity contribution is 0.378. The summed E-state index contributed by atoms with van der Waals surface area (Å²) < 4.78 is 11.2. The van der Waals surface area contributed by atoms with Crippen molar-refractivity contribution < 1.29 is 4.74 Å². The van der Waals surface area contributed by atoms with Gasteiger partial charge >= 0.3 is 0 Å². The maximum absolute atomic E-state index is 6.83. The Morgan fingerprint density at radius 1 is 0.717 bits per heavy atom. The minimum Gasteiger partial charge on any atom is -0.457 e. The van der Waals surface area contributed by atoms with Crippen LogP contribution in [0.1, 0.15) is 88.4 Å². The predicted molar refractivity (Wildman–Crippen MR) is 222 cm³/mol. The molecule has 0 aliphatic rings. The zero-order valence-corrected chi connectivity index (χ0v) is 32.8. The summed E-state index contributed by atoms with van der Waals surface area (Å²) in [6.07, 6.45) is 8.76. The Morgan fingerprint density at radius 3 is 2.28 bits per heavy atom. The van der Waals surface area contributed by atoms with Gasteiger partial charge in [0.05, 0.1) is 22.4 Å². The minimum atomic E-state index is 0.214. The molecular weight excluding hydrogens is 649 g/mol. The standard InChI is InChI=1S/C48H54N4O/c1-32(2)14-12-13-15-36-18-21-44-43(29-36)42-20-19-40(31-45(42)51(44)46-26-33(3)23-25-49-46)53-41-28-37(22-24-48(6,7)8)27-39(30-41)52-35(5)47(34(4)50-52)38-16-10-9-11-17-38/h9-11,16-21,23,25-32H,12-15,22,24H2,1-8H3. The highest BCUT2D eigenvalue weighted by atomic mass is 16.5. The first-order valence-electron chi connectivity index (χ1n) is 19.4. The Morgan fingerprint density at radius 2 is 1.53 bits per heavy atom. The van der Waals surface area contributed by atoms with E-state index in [1.165, 1.54) is 57.9 Å². The number of ether oxygens (including phenoxy) is 1.